The number of hydrogen-bond acceptors (Lipinski definition) is 2. The zero-order valence-corrected chi connectivity index (χ0v) is 12.1. The predicted octanol–water partition coefficient (Wildman–Crippen LogP) is 3.38. The molecule has 1 aliphatic rings. The number of rotatable bonds is 5. The molecule has 0 bridgehead atoms. The van der Waals surface area contributed by atoms with Gasteiger partial charge in [0.1, 0.15) is 5.41 Å². The lowest BCUT2D eigenvalue weighted by molar-refractivity contribution is -0.128. The minimum Gasteiger partial charge on any atom is -0.354 e. The third-order valence-electron chi connectivity index (χ3n) is 4.38. The van der Waals surface area contributed by atoms with Crippen molar-refractivity contribution in [2.75, 3.05) is 6.54 Å². The van der Waals surface area contributed by atoms with Crippen LogP contribution < -0.4 is 5.32 Å². The first-order valence-electron chi connectivity index (χ1n) is 7.46. The van der Waals surface area contributed by atoms with Gasteiger partial charge in [0.2, 0.25) is 5.91 Å². The molecule has 1 saturated carbocycles. The van der Waals surface area contributed by atoms with E-state index < -0.39 is 5.41 Å². The van der Waals surface area contributed by atoms with Crippen molar-refractivity contribution < 1.29 is 4.79 Å². The minimum absolute atomic E-state index is 0.0770. The molecule has 2 rings (SSSR count). The van der Waals surface area contributed by atoms with E-state index in [4.69, 9.17) is 0 Å². The van der Waals surface area contributed by atoms with Crippen LogP contribution in [0.5, 0.6) is 0 Å². The van der Waals surface area contributed by atoms with Crippen LogP contribution >= 0.6 is 0 Å². The Balaban J connectivity index is 1.97. The number of nitriles is 1. The Labute approximate surface area is 121 Å². The maximum Gasteiger partial charge on any atom is 0.240 e. The van der Waals surface area contributed by atoms with Crippen molar-refractivity contribution in [3.8, 4) is 6.07 Å². The highest BCUT2D eigenvalue weighted by Gasteiger charge is 2.41. The largest absolute Gasteiger partial charge is 0.354 e. The molecule has 0 aromatic heterocycles. The third kappa shape index (κ3) is 3.01. The average Bonchev–Trinajstić information content (AvgIpc) is 2.99. The van der Waals surface area contributed by atoms with Crippen molar-refractivity contribution in [3.63, 3.8) is 0 Å². The fourth-order valence-electron chi connectivity index (χ4n) is 2.98. The Morgan fingerprint density at radius 2 is 2.00 bits per heavy atom. The molecule has 0 aliphatic heterocycles. The maximum atomic E-state index is 12.3. The lowest BCUT2D eigenvalue weighted by Crippen LogP contribution is -2.40. The van der Waals surface area contributed by atoms with Crippen LogP contribution in [0, 0.1) is 16.7 Å². The Morgan fingerprint density at radius 3 is 2.55 bits per heavy atom. The second-order valence-electron chi connectivity index (χ2n) is 5.63. The Morgan fingerprint density at radius 1 is 1.35 bits per heavy atom. The topological polar surface area (TPSA) is 52.9 Å². The van der Waals surface area contributed by atoms with E-state index in [2.05, 4.69) is 30.4 Å². The highest BCUT2D eigenvalue weighted by atomic mass is 16.2. The summed E-state index contributed by atoms with van der Waals surface area (Å²) in [6.07, 6.45) is 4.35. The van der Waals surface area contributed by atoms with E-state index in [0.29, 0.717) is 25.3 Å². The van der Waals surface area contributed by atoms with Crippen LogP contribution in [-0.4, -0.2) is 12.5 Å². The first-order valence-corrected chi connectivity index (χ1v) is 7.46. The van der Waals surface area contributed by atoms with Crippen LogP contribution in [0.4, 0.5) is 0 Å². The second-order valence-corrected chi connectivity index (χ2v) is 5.63. The normalized spacial score (nSPS) is 18.2. The maximum absolute atomic E-state index is 12.3. The number of nitrogens with zero attached hydrogens (tertiary/aromatic N) is 1. The van der Waals surface area contributed by atoms with E-state index >= 15 is 0 Å². The number of carbonyl (C=O) groups excluding carboxylic acids is 1. The molecule has 3 heteroatoms. The average molecular weight is 270 g/mol. The molecule has 1 aliphatic carbocycles. The summed E-state index contributed by atoms with van der Waals surface area (Å²) in [5.41, 5.74) is 0.474. The van der Waals surface area contributed by atoms with Gasteiger partial charge < -0.3 is 5.32 Å². The van der Waals surface area contributed by atoms with Crippen LogP contribution in [0.2, 0.25) is 0 Å². The molecule has 1 aromatic carbocycles. The fourth-order valence-corrected chi connectivity index (χ4v) is 2.98. The van der Waals surface area contributed by atoms with Crippen LogP contribution in [0.3, 0.4) is 0 Å². The van der Waals surface area contributed by atoms with Gasteiger partial charge in [-0.3, -0.25) is 4.79 Å². The molecule has 0 heterocycles. The monoisotopic (exact) mass is 270 g/mol. The Bertz CT molecular complexity index is 483. The van der Waals surface area contributed by atoms with Crippen molar-refractivity contribution in [2.45, 2.75) is 44.9 Å². The van der Waals surface area contributed by atoms with Crippen molar-refractivity contribution >= 4 is 5.91 Å². The molecule has 3 nitrogen and oxygen atoms in total. The lowest BCUT2D eigenvalue weighted by Gasteiger charge is -2.22. The Kier molecular flexibility index (Phi) is 4.79. The first-order chi connectivity index (χ1) is 9.72. The standard InChI is InChI=1S/C17H22N2O/c1-2-14(15-8-4-3-5-9-15)12-19-16(20)17(13-18)10-6-7-11-17/h3-5,8-9,14H,2,6-7,10-12H2,1H3,(H,19,20). The van der Waals surface area contributed by atoms with Gasteiger partial charge in [-0.1, -0.05) is 50.1 Å². The smallest absolute Gasteiger partial charge is 0.240 e. The zero-order chi connectivity index (χ0) is 14.4. The minimum atomic E-state index is -0.769. The molecule has 106 valence electrons. The summed E-state index contributed by atoms with van der Waals surface area (Å²) in [6.45, 7) is 2.74. The summed E-state index contributed by atoms with van der Waals surface area (Å²) in [6, 6.07) is 12.5. The van der Waals surface area contributed by atoms with Gasteiger partial charge in [-0.25, -0.2) is 0 Å². The molecule has 1 N–H and O–H groups in total. The van der Waals surface area contributed by atoms with Crippen LogP contribution in [-0.2, 0) is 4.79 Å². The molecule has 1 atom stereocenters. The number of nitrogens with one attached hydrogen (secondary N) is 1. The molecule has 0 saturated heterocycles. The predicted molar refractivity (Wildman–Crippen MR) is 79.0 cm³/mol. The first kappa shape index (κ1) is 14.6. The fraction of sp³-hybridized carbons (Fsp3) is 0.529. The van der Waals surface area contributed by atoms with Gasteiger partial charge in [-0.15, -0.1) is 0 Å². The summed E-state index contributed by atoms with van der Waals surface area (Å²) < 4.78 is 0. The van der Waals surface area contributed by atoms with E-state index in [-0.39, 0.29) is 5.91 Å². The van der Waals surface area contributed by atoms with Crippen LogP contribution in [0.15, 0.2) is 30.3 Å². The van der Waals surface area contributed by atoms with Gasteiger partial charge in [0, 0.05) is 12.5 Å². The molecule has 1 amide bonds. The van der Waals surface area contributed by atoms with Gasteiger partial charge in [0.15, 0.2) is 0 Å². The summed E-state index contributed by atoms with van der Waals surface area (Å²) in [4.78, 5) is 12.3. The highest BCUT2D eigenvalue weighted by Crippen LogP contribution is 2.37. The molecule has 20 heavy (non-hydrogen) atoms. The van der Waals surface area contributed by atoms with Gasteiger partial charge in [0.25, 0.3) is 0 Å². The van der Waals surface area contributed by atoms with Gasteiger partial charge in [0.05, 0.1) is 6.07 Å². The van der Waals surface area contributed by atoms with Crippen molar-refractivity contribution in [2.24, 2.45) is 5.41 Å². The van der Waals surface area contributed by atoms with E-state index in [1.165, 1.54) is 5.56 Å². The second kappa shape index (κ2) is 6.56. The number of carbonyl (C=O) groups is 1. The van der Waals surface area contributed by atoms with Gasteiger partial charge in [-0.2, -0.15) is 5.26 Å². The van der Waals surface area contributed by atoms with Gasteiger partial charge >= 0.3 is 0 Å². The summed E-state index contributed by atoms with van der Waals surface area (Å²) in [5, 5.41) is 12.3. The van der Waals surface area contributed by atoms with E-state index in [0.717, 1.165) is 19.3 Å². The summed E-state index contributed by atoms with van der Waals surface area (Å²) >= 11 is 0. The lowest BCUT2D eigenvalue weighted by atomic mass is 9.86. The van der Waals surface area contributed by atoms with Crippen molar-refractivity contribution in [3.05, 3.63) is 35.9 Å². The van der Waals surface area contributed by atoms with Crippen LogP contribution in [0.25, 0.3) is 0 Å². The molecular weight excluding hydrogens is 248 g/mol. The quantitative estimate of drug-likeness (QED) is 0.891. The highest BCUT2D eigenvalue weighted by molar-refractivity contribution is 5.85. The third-order valence-corrected chi connectivity index (χ3v) is 4.38. The molecular formula is C17H22N2O. The summed E-state index contributed by atoms with van der Waals surface area (Å²) in [5.74, 6) is 0.240. The van der Waals surface area contributed by atoms with E-state index in [1.54, 1.807) is 0 Å². The molecule has 0 radical (unpaired) electrons. The molecule has 1 aromatic rings. The van der Waals surface area contributed by atoms with Gasteiger partial charge in [-0.05, 0) is 24.8 Å². The molecule has 0 spiro atoms. The van der Waals surface area contributed by atoms with Crippen LogP contribution in [0.1, 0.15) is 50.5 Å². The SMILES string of the molecule is CCC(CNC(=O)C1(C#N)CCCC1)c1ccccc1. The number of amides is 1. The van der Waals surface area contributed by atoms with Crippen molar-refractivity contribution in [1.82, 2.24) is 5.32 Å². The van der Waals surface area contributed by atoms with Crippen molar-refractivity contribution in [1.29, 1.82) is 5.26 Å². The molecule has 1 unspecified atom stereocenters. The van der Waals surface area contributed by atoms with E-state index in [1.807, 2.05) is 18.2 Å². The molecule has 1 fully saturated rings. The number of hydrogen-bond donors (Lipinski definition) is 1. The number of benzene rings is 1. The zero-order valence-electron chi connectivity index (χ0n) is 12.1. The Hall–Kier alpha value is -1.82. The van der Waals surface area contributed by atoms with E-state index in [9.17, 15) is 10.1 Å². The summed E-state index contributed by atoms with van der Waals surface area (Å²) in [7, 11) is 0.